The molecule has 5 rings (SSSR count). The molecule has 0 unspecified atom stereocenters. The molecule has 0 saturated heterocycles. The predicted molar refractivity (Wildman–Crippen MR) is 142 cm³/mol. The Hall–Kier alpha value is -5.20. The van der Waals surface area contributed by atoms with Gasteiger partial charge in [-0.3, -0.25) is 4.79 Å². The number of hydrogen-bond donors (Lipinski definition) is 0. The van der Waals surface area contributed by atoms with E-state index in [4.69, 9.17) is 5.26 Å². The molecule has 0 N–H and O–H groups in total. The number of carbonyl (C=O) groups excluding carboxylic acids is 1. The summed E-state index contributed by atoms with van der Waals surface area (Å²) >= 11 is 0. The molecule has 0 aliphatic heterocycles. The van der Waals surface area contributed by atoms with Crippen LogP contribution >= 0.6 is 0 Å². The first-order chi connectivity index (χ1) is 18.1. The Morgan fingerprint density at radius 3 is 2.41 bits per heavy atom. The number of hydrogen-bond acceptors (Lipinski definition) is 4. The molecule has 0 atom stereocenters. The van der Waals surface area contributed by atoms with Crippen molar-refractivity contribution in [2.45, 2.75) is 13.1 Å². The molecule has 1 amide bonds. The summed E-state index contributed by atoms with van der Waals surface area (Å²) in [6, 6.07) is 30.9. The number of amides is 1. The summed E-state index contributed by atoms with van der Waals surface area (Å²) in [5, 5.41) is 21.1. The van der Waals surface area contributed by atoms with Crippen molar-refractivity contribution in [1.82, 2.24) is 14.5 Å². The lowest BCUT2D eigenvalue weighted by Gasteiger charge is -2.24. The van der Waals surface area contributed by atoms with Gasteiger partial charge in [-0.2, -0.15) is 10.5 Å². The van der Waals surface area contributed by atoms with E-state index in [1.54, 1.807) is 41.7 Å². The van der Waals surface area contributed by atoms with Gasteiger partial charge in [0.05, 0.1) is 41.8 Å². The number of fused-ring (bicyclic) bond motifs is 1. The first kappa shape index (κ1) is 23.5. The summed E-state index contributed by atoms with van der Waals surface area (Å²) in [5.41, 5.74) is 5.02. The van der Waals surface area contributed by atoms with Crippen molar-refractivity contribution >= 4 is 16.7 Å². The SMILES string of the molecule is Cn1cncc1CN(Cc1ccc(C#N)cc1)C(=O)c1ccc(C#N)c(-c2cccc3ccccc23)c1. The van der Waals surface area contributed by atoms with Crippen LogP contribution in [0.25, 0.3) is 21.9 Å². The van der Waals surface area contributed by atoms with Crippen LogP contribution < -0.4 is 0 Å². The lowest BCUT2D eigenvalue weighted by atomic mass is 9.93. The van der Waals surface area contributed by atoms with Crippen molar-refractivity contribution in [2.24, 2.45) is 7.05 Å². The first-order valence-corrected chi connectivity index (χ1v) is 11.8. The maximum Gasteiger partial charge on any atom is 0.254 e. The van der Waals surface area contributed by atoms with Crippen LogP contribution in [0.15, 0.2) is 97.5 Å². The zero-order chi connectivity index (χ0) is 25.8. The molecular weight excluding hydrogens is 458 g/mol. The summed E-state index contributed by atoms with van der Waals surface area (Å²) in [7, 11) is 1.90. The number of benzene rings is 4. The molecule has 4 aromatic carbocycles. The Bertz CT molecular complexity index is 1680. The van der Waals surface area contributed by atoms with E-state index >= 15 is 0 Å². The Balaban J connectivity index is 1.56. The number of carbonyl (C=O) groups is 1. The molecular formula is C31H23N5O. The second kappa shape index (κ2) is 10.2. The topological polar surface area (TPSA) is 85.7 Å². The fourth-order valence-electron chi connectivity index (χ4n) is 4.48. The van der Waals surface area contributed by atoms with Crippen LogP contribution in [0.2, 0.25) is 0 Å². The summed E-state index contributed by atoms with van der Waals surface area (Å²) < 4.78 is 1.89. The van der Waals surface area contributed by atoms with Gasteiger partial charge in [0.2, 0.25) is 0 Å². The highest BCUT2D eigenvalue weighted by atomic mass is 16.2. The number of nitrogens with zero attached hydrogens (tertiary/aromatic N) is 5. The van der Waals surface area contributed by atoms with Crippen LogP contribution in [0.3, 0.4) is 0 Å². The first-order valence-electron chi connectivity index (χ1n) is 11.8. The van der Waals surface area contributed by atoms with Gasteiger partial charge in [0.1, 0.15) is 0 Å². The Labute approximate surface area is 215 Å². The van der Waals surface area contributed by atoms with Crippen molar-refractivity contribution in [3.05, 3.63) is 125 Å². The standard InChI is InChI=1S/C31H23N5O/c1-35-21-34-18-27(35)20-36(19-23-11-9-22(16-32)10-12-23)31(37)25-13-14-26(17-33)30(15-25)29-8-4-6-24-5-2-3-7-28(24)29/h2-15,18,21H,19-20H2,1H3. The fourth-order valence-corrected chi connectivity index (χ4v) is 4.48. The number of aryl methyl sites for hydroxylation is 1. The van der Waals surface area contributed by atoms with E-state index < -0.39 is 0 Å². The lowest BCUT2D eigenvalue weighted by molar-refractivity contribution is 0.0726. The molecule has 0 aliphatic carbocycles. The monoisotopic (exact) mass is 481 g/mol. The second-order valence-electron chi connectivity index (χ2n) is 8.86. The van der Waals surface area contributed by atoms with Crippen LogP contribution in [-0.4, -0.2) is 20.4 Å². The van der Waals surface area contributed by atoms with Crippen LogP contribution in [0.4, 0.5) is 0 Å². The summed E-state index contributed by atoms with van der Waals surface area (Å²) in [4.78, 5) is 19.9. The number of aromatic nitrogens is 2. The van der Waals surface area contributed by atoms with Gasteiger partial charge in [-0.15, -0.1) is 0 Å². The van der Waals surface area contributed by atoms with E-state index in [9.17, 15) is 10.1 Å². The highest BCUT2D eigenvalue weighted by Gasteiger charge is 2.20. The minimum atomic E-state index is -0.156. The van der Waals surface area contributed by atoms with Crippen LogP contribution in [0.1, 0.15) is 32.7 Å². The third kappa shape index (κ3) is 4.82. The van der Waals surface area contributed by atoms with E-state index in [2.05, 4.69) is 17.1 Å². The van der Waals surface area contributed by atoms with E-state index in [-0.39, 0.29) is 5.91 Å². The molecule has 0 spiro atoms. The van der Waals surface area contributed by atoms with Gasteiger partial charge >= 0.3 is 0 Å². The molecule has 1 aromatic heterocycles. The zero-order valence-corrected chi connectivity index (χ0v) is 20.3. The summed E-state index contributed by atoms with van der Waals surface area (Å²) in [6.07, 6.45) is 3.46. The average Bonchev–Trinajstić information content (AvgIpc) is 3.36. The smallest absolute Gasteiger partial charge is 0.254 e. The normalized spacial score (nSPS) is 10.6. The molecule has 5 aromatic rings. The van der Waals surface area contributed by atoms with Gasteiger partial charge in [-0.1, -0.05) is 54.6 Å². The maximum atomic E-state index is 13.9. The second-order valence-corrected chi connectivity index (χ2v) is 8.86. The van der Waals surface area contributed by atoms with Gasteiger partial charge < -0.3 is 9.47 Å². The summed E-state index contributed by atoms with van der Waals surface area (Å²) in [5.74, 6) is -0.156. The molecule has 1 heterocycles. The highest BCUT2D eigenvalue weighted by Crippen LogP contribution is 2.32. The molecule has 0 radical (unpaired) electrons. The molecule has 6 nitrogen and oxygen atoms in total. The Morgan fingerprint density at radius 2 is 1.68 bits per heavy atom. The fraction of sp³-hybridized carbons (Fsp3) is 0.0968. The lowest BCUT2D eigenvalue weighted by Crippen LogP contribution is -2.31. The predicted octanol–water partition coefficient (Wildman–Crippen LogP) is 5.83. The van der Waals surface area contributed by atoms with Crippen LogP contribution in [0.5, 0.6) is 0 Å². The molecule has 178 valence electrons. The van der Waals surface area contributed by atoms with Crippen molar-refractivity contribution < 1.29 is 4.79 Å². The van der Waals surface area contributed by atoms with Gasteiger partial charge in [0.25, 0.3) is 5.91 Å². The molecule has 0 saturated carbocycles. The third-order valence-corrected chi connectivity index (χ3v) is 6.48. The van der Waals surface area contributed by atoms with Gasteiger partial charge in [0, 0.05) is 30.9 Å². The molecule has 0 fully saturated rings. The van der Waals surface area contributed by atoms with Gasteiger partial charge in [0.15, 0.2) is 0 Å². The largest absolute Gasteiger partial charge is 0.336 e. The van der Waals surface area contributed by atoms with Crippen LogP contribution in [0, 0.1) is 22.7 Å². The number of rotatable bonds is 6. The quantitative estimate of drug-likeness (QED) is 0.306. The average molecular weight is 482 g/mol. The molecule has 6 heteroatoms. The van der Waals surface area contributed by atoms with Crippen molar-refractivity contribution in [2.75, 3.05) is 0 Å². The van der Waals surface area contributed by atoms with E-state index in [0.717, 1.165) is 33.2 Å². The number of imidazole rings is 1. The van der Waals surface area contributed by atoms with Crippen molar-refractivity contribution in [3.8, 4) is 23.3 Å². The highest BCUT2D eigenvalue weighted by molar-refractivity contribution is 6.01. The van der Waals surface area contributed by atoms with Gasteiger partial charge in [-0.05, 0) is 52.2 Å². The minimum absolute atomic E-state index is 0.156. The number of nitriles is 2. The molecule has 0 aliphatic rings. The zero-order valence-electron chi connectivity index (χ0n) is 20.3. The Morgan fingerprint density at radius 1 is 0.892 bits per heavy atom. The summed E-state index contributed by atoms with van der Waals surface area (Å²) in [6.45, 7) is 0.720. The van der Waals surface area contributed by atoms with Gasteiger partial charge in [-0.25, -0.2) is 4.98 Å². The third-order valence-electron chi connectivity index (χ3n) is 6.48. The van der Waals surface area contributed by atoms with Crippen LogP contribution in [-0.2, 0) is 20.1 Å². The maximum absolute atomic E-state index is 13.9. The minimum Gasteiger partial charge on any atom is -0.336 e. The molecule has 0 bridgehead atoms. The van der Waals surface area contributed by atoms with E-state index in [1.165, 1.54) is 0 Å². The van der Waals surface area contributed by atoms with E-state index in [0.29, 0.717) is 29.8 Å². The van der Waals surface area contributed by atoms with E-state index in [1.807, 2.05) is 72.3 Å². The van der Waals surface area contributed by atoms with Crippen molar-refractivity contribution in [3.63, 3.8) is 0 Å². The Kier molecular flexibility index (Phi) is 6.48. The molecule has 37 heavy (non-hydrogen) atoms. The van der Waals surface area contributed by atoms with Crippen molar-refractivity contribution in [1.29, 1.82) is 10.5 Å².